The molecule has 15 atom stereocenters. The Labute approximate surface area is 406 Å². The molecule has 0 saturated carbocycles. The number of alkyl halides is 2. The molecule has 0 unspecified atom stereocenters. The number of nitrogens with zero attached hydrogens (tertiary/aromatic N) is 5. The number of cyclic esters (lactones) is 1. The van der Waals surface area contributed by atoms with Crippen LogP contribution in [0.3, 0.4) is 0 Å². The predicted molar refractivity (Wildman–Crippen MR) is 252 cm³/mol. The minimum Gasteiger partial charge on any atom is -0.454 e. The molecule has 6 rings (SSSR count). The number of aliphatic hydroxyl groups is 1. The van der Waals surface area contributed by atoms with Gasteiger partial charge in [-0.2, -0.15) is 0 Å². The number of halogens is 2. The molecule has 0 amide bonds. The molecule has 3 aliphatic rings. The summed E-state index contributed by atoms with van der Waals surface area (Å²) in [6.07, 6.45) is -0.122. The molecule has 3 aromatic rings. The van der Waals surface area contributed by atoms with Gasteiger partial charge in [-0.3, -0.25) is 24.2 Å². The van der Waals surface area contributed by atoms with E-state index in [1.54, 1.807) is 40.8 Å². The SMILES string of the molecule is CO[C@H](c1ccc(-c2ccc(C)nc2)cc1)[C@@H](CF)n1cc(CCN(C)[C@H]2C[C@@H](C)O[C@@H](O[C@@H]3[C@@H](C)C(=O)[C@@H](C)C(=O)O[C@H](I)[C@@]4(C)OC(=O)C[C@@H]4[C@@H](C)C(=O)[C@H](C)C[C@@]3(C)OC)[C@@H]2O)nn1. The third kappa shape index (κ3) is 11.3. The van der Waals surface area contributed by atoms with Crippen molar-refractivity contribution in [2.24, 2.45) is 29.6 Å². The van der Waals surface area contributed by atoms with Crippen LogP contribution in [0.5, 0.6) is 0 Å². The number of hydrogen-bond acceptors (Lipinski definition) is 15. The highest BCUT2D eigenvalue weighted by molar-refractivity contribution is 14.1. The number of rotatable bonds is 13. The zero-order chi connectivity index (χ0) is 49.1. The number of methoxy groups -OCH3 is 2. The molecule has 18 heteroatoms. The third-order valence-electron chi connectivity index (χ3n) is 14.5. The zero-order valence-electron chi connectivity index (χ0n) is 40.4. The van der Waals surface area contributed by atoms with Crippen LogP contribution < -0.4 is 0 Å². The first kappa shape index (κ1) is 52.6. The fourth-order valence-corrected chi connectivity index (χ4v) is 11.0. The second-order valence-corrected chi connectivity index (χ2v) is 20.4. The van der Waals surface area contributed by atoms with Crippen LogP contribution >= 0.6 is 22.6 Å². The van der Waals surface area contributed by atoms with Crippen molar-refractivity contribution in [3.8, 4) is 11.1 Å². The molecular formula is C49H67FIN5O11. The molecule has 0 aliphatic carbocycles. The summed E-state index contributed by atoms with van der Waals surface area (Å²) in [7, 11) is 4.88. The van der Waals surface area contributed by atoms with Gasteiger partial charge in [0.05, 0.1) is 29.9 Å². The van der Waals surface area contributed by atoms with Crippen molar-refractivity contribution in [2.45, 2.75) is 139 Å². The largest absolute Gasteiger partial charge is 0.454 e. The van der Waals surface area contributed by atoms with Crippen LogP contribution in [0.25, 0.3) is 11.1 Å². The van der Waals surface area contributed by atoms with E-state index in [1.807, 2.05) is 91.0 Å². The summed E-state index contributed by atoms with van der Waals surface area (Å²) in [5, 5.41) is 20.7. The number of ether oxygens (including phenoxy) is 6. The molecule has 0 radical (unpaired) electrons. The molecule has 67 heavy (non-hydrogen) atoms. The lowest BCUT2D eigenvalue weighted by Crippen LogP contribution is -2.60. The van der Waals surface area contributed by atoms with Gasteiger partial charge in [-0.25, -0.2) is 9.07 Å². The third-order valence-corrected chi connectivity index (χ3v) is 15.9. The molecule has 0 spiro atoms. The number of aliphatic hydroxyl groups excluding tert-OH is 1. The summed E-state index contributed by atoms with van der Waals surface area (Å²) in [5.74, 6) is -6.12. The first-order chi connectivity index (χ1) is 31.7. The lowest BCUT2D eigenvalue weighted by Gasteiger charge is -2.47. The van der Waals surface area contributed by atoms with Crippen LogP contribution in [0.15, 0.2) is 48.8 Å². The van der Waals surface area contributed by atoms with E-state index in [0.29, 0.717) is 25.1 Å². The van der Waals surface area contributed by atoms with Gasteiger partial charge in [0.15, 0.2) is 21.8 Å². The van der Waals surface area contributed by atoms with Crippen LogP contribution in [0.1, 0.15) is 96.8 Å². The first-order valence-corrected chi connectivity index (χ1v) is 24.3. The van der Waals surface area contributed by atoms with Crippen LogP contribution in [-0.4, -0.2) is 134 Å². The number of pyridine rings is 1. The van der Waals surface area contributed by atoms with Crippen molar-refractivity contribution in [3.63, 3.8) is 0 Å². The minimum absolute atomic E-state index is 0.0325. The number of ketones is 2. The van der Waals surface area contributed by atoms with Crippen molar-refractivity contribution < 1.29 is 57.1 Å². The number of aromatic nitrogens is 4. The van der Waals surface area contributed by atoms with Gasteiger partial charge < -0.3 is 38.4 Å². The molecule has 1 aromatic carbocycles. The Kier molecular flexibility index (Phi) is 17.2. The maximum atomic E-state index is 14.8. The minimum atomic E-state index is -1.31. The van der Waals surface area contributed by atoms with Crippen molar-refractivity contribution in [3.05, 3.63) is 65.7 Å². The Hall–Kier alpha value is -3.79. The highest BCUT2D eigenvalue weighted by Crippen LogP contribution is 2.46. The summed E-state index contributed by atoms with van der Waals surface area (Å²) < 4.78 is 51.9. The Morgan fingerprint density at radius 2 is 1.69 bits per heavy atom. The lowest BCUT2D eigenvalue weighted by atomic mass is 9.72. The van der Waals surface area contributed by atoms with E-state index in [1.165, 1.54) is 25.8 Å². The maximum Gasteiger partial charge on any atom is 0.317 e. The number of carbonyl (C=O) groups is 4. The van der Waals surface area contributed by atoms with E-state index in [2.05, 4.69) is 15.3 Å². The molecule has 3 fully saturated rings. The van der Waals surface area contributed by atoms with Gasteiger partial charge in [0, 0.05) is 80.5 Å². The molecule has 5 heterocycles. The van der Waals surface area contributed by atoms with E-state index < -0.39 is 106 Å². The average molecular weight is 1050 g/mol. The van der Waals surface area contributed by atoms with E-state index in [4.69, 9.17) is 28.4 Å². The molecule has 3 saturated heterocycles. The van der Waals surface area contributed by atoms with Crippen LogP contribution in [0, 0.1) is 36.5 Å². The normalized spacial score (nSPS) is 34.3. The number of esters is 2. The smallest absolute Gasteiger partial charge is 0.317 e. The second-order valence-electron chi connectivity index (χ2n) is 19.2. The number of fused-ring (bicyclic) bond motifs is 1. The fraction of sp³-hybridized carbons (Fsp3) is 0.653. The average Bonchev–Trinajstić information content (AvgIpc) is 3.91. The van der Waals surface area contributed by atoms with Gasteiger partial charge in [0.1, 0.15) is 36.6 Å². The molecule has 1 N–H and O–H groups in total. The van der Waals surface area contributed by atoms with Gasteiger partial charge in [0.2, 0.25) is 0 Å². The lowest BCUT2D eigenvalue weighted by molar-refractivity contribution is -0.296. The summed E-state index contributed by atoms with van der Waals surface area (Å²) in [6, 6.07) is 10.4. The molecule has 16 nitrogen and oxygen atoms in total. The quantitative estimate of drug-likeness (QED) is 0.0858. The number of hydrogen-bond donors (Lipinski definition) is 1. The molecule has 2 aromatic heterocycles. The van der Waals surface area contributed by atoms with Crippen LogP contribution in [-0.2, 0) is 54.0 Å². The highest BCUT2D eigenvalue weighted by Gasteiger charge is 2.57. The van der Waals surface area contributed by atoms with Gasteiger partial charge in [-0.1, -0.05) is 56.3 Å². The van der Waals surface area contributed by atoms with Crippen molar-refractivity contribution in [1.82, 2.24) is 24.9 Å². The van der Waals surface area contributed by atoms with Gasteiger partial charge in [-0.15, -0.1) is 5.10 Å². The monoisotopic (exact) mass is 1050 g/mol. The molecule has 3 aliphatic heterocycles. The number of Topliss-reactive ketones (excluding diaryl/α,β-unsaturated/α-hetero) is 2. The Morgan fingerprint density at radius 1 is 1.00 bits per heavy atom. The number of likely N-dealkylation sites (N-methyl/N-ethyl adjacent to an activating group) is 1. The van der Waals surface area contributed by atoms with Gasteiger partial charge in [-0.05, 0) is 94.3 Å². The topological polar surface area (TPSA) is 191 Å². The van der Waals surface area contributed by atoms with Gasteiger partial charge >= 0.3 is 11.9 Å². The Morgan fingerprint density at radius 3 is 2.31 bits per heavy atom. The predicted octanol–water partition coefficient (Wildman–Crippen LogP) is 6.39. The Bertz CT molecular complexity index is 2200. The summed E-state index contributed by atoms with van der Waals surface area (Å²) >= 11 is 1.89. The van der Waals surface area contributed by atoms with E-state index in [9.17, 15) is 28.7 Å². The summed E-state index contributed by atoms with van der Waals surface area (Å²) in [4.78, 5) is 61.2. The number of aryl methyl sites for hydroxylation is 1. The molecule has 368 valence electrons. The van der Waals surface area contributed by atoms with Crippen molar-refractivity contribution >= 4 is 46.1 Å². The van der Waals surface area contributed by atoms with Gasteiger partial charge in [0.25, 0.3) is 0 Å². The first-order valence-electron chi connectivity index (χ1n) is 23.1. The van der Waals surface area contributed by atoms with Crippen LogP contribution in [0.2, 0.25) is 0 Å². The van der Waals surface area contributed by atoms with Crippen LogP contribution in [0.4, 0.5) is 4.39 Å². The second kappa shape index (κ2) is 21.9. The number of benzene rings is 1. The maximum absolute atomic E-state index is 14.8. The summed E-state index contributed by atoms with van der Waals surface area (Å²) in [5.41, 5.74) is 1.66. The zero-order valence-corrected chi connectivity index (χ0v) is 42.5. The molecule has 0 bridgehead atoms. The van der Waals surface area contributed by atoms with Crippen molar-refractivity contribution in [1.29, 1.82) is 0 Å². The molecular weight excluding hydrogens is 980 g/mol. The van der Waals surface area contributed by atoms with Crippen molar-refractivity contribution in [2.75, 3.05) is 34.5 Å². The van der Waals surface area contributed by atoms with E-state index in [-0.39, 0.29) is 24.7 Å². The summed E-state index contributed by atoms with van der Waals surface area (Å²) in [6.45, 7) is 13.5. The fourth-order valence-electron chi connectivity index (χ4n) is 10.2. The highest BCUT2D eigenvalue weighted by atomic mass is 127. The number of carbonyl (C=O) groups excluding carboxylic acids is 4. The van der Waals surface area contributed by atoms with E-state index >= 15 is 0 Å². The standard InChI is InChI=1S/C49H67FIN5O11/c1-26-22-48(7,63-11)44(30(5)41(59)31(6)45(61)66-47(51)49(8)36(21-39(57)67-49)29(4)40(26)58)65-46-42(60)37(20-28(3)64-46)55(9)19-18-35-25-56(54-53-35)38(23-50)43(62-10)33-16-14-32(15-17-33)34-13-12-27(2)52-24-34/h12-17,24-26,28-31,36-38,42-44,46-47,60H,18-23H2,1-11H3/t26-,28-,29-,30+,31-,36-,37+,38-,42-,43-,44-,46+,47+,48-,49+/m1/s1. The Balaban J connectivity index is 1.17. The van der Waals surface area contributed by atoms with E-state index in [0.717, 1.165) is 22.4 Å².